The lowest BCUT2D eigenvalue weighted by Gasteiger charge is -2.17. The molecule has 0 unspecified atom stereocenters. The fourth-order valence-corrected chi connectivity index (χ4v) is 2.38. The first-order chi connectivity index (χ1) is 9.86. The van der Waals surface area contributed by atoms with Gasteiger partial charge in [0, 0.05) is 13.6 Å². The molecule has 0 amide bonds. The molecule has 1 aromatic heterocycles. The minimum Gasteiger partial charge on any atom is -0.317 e. The largest absolute Gasteiger partial charge is 0.317 e. The Bertz CT molecular complexity index is 549. The summed E-state index contributed by atoms with van der Waals surface area (Å²) in [5.41, 5.74) is 1.32. The van der Waals surface area contributed by atoms with E-state index in [4.69, 9.17) is 0 Å². The highest BCUT2D eigenvalue weighted by Gasteiger charge is 2.18. The van der Waals surface area contributed by atoms with Crippen molar-refractivity contribution in [2.45, 2.75) is 33.6 Å². The van der Waals surface area contributed by atoms with Gasteiger partial charge in [0.15, 0.2) is 0 Å². The van der Waals surface area contributed by atoms with E-state index in [1.54, 1.807) is 13.8 Å². The van der Waals surface area contributed by atoms with Gasteiger partial charge in [0.05, 0.1) is 11.4 Å². The molecule has 1 heterocycles. The fraction of sp³-hybridized carbons (Fsp3) is 0.750. The lowest BCUT2D eigenvalue weighted by Crippen LogP contribution is -2.35. The summed E-state index contributed by atoms with van der Waals surface area (Å²) in [5, 5.41) is 10.8. The van der Waals surface area contributed by atoms with Crippen LogP contribution >= 0.6 is 0 Å². The summed E-state index contributed by atoms with van der Waals surface area (Å²) in [7, 11) is -2.12. The van der Waals surface area contributed by atoms with Crippen molar-refractivity contribution < 1.29 is 8.42 Å². The van der Waals surface area contributed by atoms with Crippen LogP contribution in [0.5, 0.6) is 0 Å². The Labute approximate surface area is 126 Å². The van der Waals surface area contributed by atoms with Crippen LogP contribution < -0.4 is 10.0 Å². The van der Waals surface area contributed by atoms with Gasteiger partial charge in [-0.1, -0.05) is 6.92 Å². The van der Waals surface area contributed by atoms with Crippen LogP contribution in [0.25, 0.3) is 0 Å². The molecule has 0 aliphatic heterocycles. The van der Waals surface area contributed by atoms with Crippen molar-refractivity contribution in [3.05, 3.63) is 11.4 Å². The molecule has 0 radical (unpaired) electrons. The minimum atomic E-state index is -3.65. The average Bonchev–Trinajstić information content (AvgIpc) is 2.42. The Morgan fingerprint density at radius 1 is 1.14 bits per heavy atom. The van der Waals surface area contributed by atoms with Gasteiger partial charge in [-0.3, -0.25) is 0 Å². The topological polar surface area (TPSA) is 100 Å². The lowest BCUT2D eigenvalue weighted by atomic mass is 10.4. The molecule has 2 N–H and O–H groups in total. The molecule has 0 aliphatic carbocycles. The summed E-state index contributed by atoms with van der Waals surface area (Å²) in [6.07, 6.45) is 1.80. The summed E-state index contributed by atoms with van der Waals surface area (Å²) < 4.78 is 27.8. The zero-order valence-electron chi connectivity index (χ0n) is 13.0. The van der Waals surface area contributed by atoms with Crippen molar-refractivity contribution in [1.82, 2.24) is 24.8 Å². The smallest absolute Gasteiger partial charge is 0.303 e. The van der Waals surface area contributed by atoms with Gasteiger partial charge in [-0.15, -0.1) is 5.10 Å². The molecule has 0 aliphatic rings. The predicted octanol–water partition coefficient (Wildman–Crippen LogP) is 0.467. The second-order valence-corrected chi connectivity index (χ2v) is 6.62. The van der Waals surface area contributed by atoms with Crippen molar-refractivity contribution >= 4 is 16.2 Å². The Balaban J connectivity index is 2.53. The van der Waals surface area contributed by atoms with Crippen LogP contribution in [0.1, 0.15) is 31.2 Å². The van der Waals surface area contributed by atoms with Crippen LogP contribution in [0.3, 0.4) is 0 Å². The number of aromatic nitrogens is 3. The van der Waals surface area contributed by atoms with E-state index in [1.165, 1.54) is 11.4 Å². The molecule has 120 valence electrons. The molecule has 0 aromatic carbocycles. The molecule has 0 saturated heterocycles. The van der Waals surface area contributed by atoms with E-state index >= 15 is 0 Å². The van der Waals surface area contributed by atoms with Crippen molar-refractivity contribution in [2.75, 3.05) is 31.4 Å². The highest BCUT2D eigenvalue weighted by molar-refractivity contribution is 7.90. The minimum absolute atomic E-state index is 0.00550. The van der Waals surface area contributed by atoms with E-state index in [1.807, 2.05) is 0 Å². The predicted molar refractivity (Wildman–Crippen MR) is 82.3 cm³/mol. The first-order valence-corrected chi connectivity index (χ1v) is 8.43. The van der Waals surface area contributed by atoms with Crippen molar-refractivity contribution in [3.8, 4) is 0 Å². The standard InChI is InChI=1S/C12H24N6O2S/c1-5-7-13-8-6-9-18(4)21(19,20)17-12-14-10(2)11(3)15-16-12/h13H,5-9H2,1-4H3,(H,14,16,17). The molecular weight excluding hydrogens is 292 g/mol. The highest BCUT2D eigenvalue weighted by Crippen LogP contribution is 2.06. The number of nitrogens with zero attached hydrogens (tertiary/aromatic N) is 4. The van der Waals surface area contributed by atoms with E-state index in [9.17, 15) is 8.42 Å². The number of rotatable bonds is 9. The summed E-state index contributed by atoms with van der Waals surface area (Å²) in [5.74, 6) is -0.00550. The Kier molecular flexibility index (Phi) is 6.93. The number of aryl methyl sites for hydroxylation is 2. The first kappa shape index (κ1) is 17.7. The van der Waals surface area contributed by atoms with Gasteiger partial charge in [-0.05, 0) is 39.8 Å². The average molecular weight is 316 g/mol. The molecule has 0 fully saturated rings. The molecule has 0 bridgehead atoms. The summed E-state index contributed by atoms with van der Waals surface area (Å²) in [4.78, 5) is 4.06. The van der Waals surface area contributed by atoms with Crippen LogP contribution in [0.2, 0.25) is 0 Å². The molecule has 0 atom stereocenters. The molecule has 21 heavy (non-hydrogen) atoms. The SMILES string of the molecule is CCCNCCCN(C)S(=O)(=O)Nc1nnc(C)c(C)n1. The Hall–Kier alpha value is -1.32. The van der Waals surface area contributed by atoms with Gasteiger partial charge in [-0.25, -0.2) is 9.71 Å². The summed E-state index contributed by atoms with van der Waals surface area (Å²) in [6.45, 7) is 7.76. The van der Waals surface area contributed by atoms with E-state index in [0.29, 0.717) is 17.9 Å². The van der Waals surface area contributed by atoms with Gasteiger partial charge in [0.2, 0.25) is 0 Å². The molecular formula is C12H24N6O2S. The second kappa shape index (κ2) is 8.20. The summed E-state index contributed by atoms with van der Waals surface area (Å²) in [6, 6.07) is 0. The van der Waals surface area contributed by atoms with Gasteiger partial charge in [0.1, 0.15) is 0 Å². The maximum absolute atomic E-state index is 12.1. The number of hydrogen-bond donors (Lipinski definition) is 2. The van der Waals surface area contributed by atoms with Crippen LogP contribution in [0, 0.1) is 13.8 Å². The zero-order valence-corrected chi connectivity index (χ0v) is 13.9. The third kappa shape index (κ3) is 5.90. The molecule has 0 spiro atoms. The van der Waals surface area contributed by atoms with E-state index in [-0.39, 0.29) is 5.95 Å². The van der Waals surface area contributed by atoms with E-state index in [2.05, 4.69) is 32.1 Å². The second-order valence-electron chi connectivity index (χ2n) is 4.84. The number of anilines is 1. The summed E-state index contributed by atoms with van der Waals surface area (Å²) >= 11 is 0. The molecule has 1 rings (SSSR count). The van der Waals surface area contributed by atoms with Gasteiger partial charge in [0.25, 0.3) is 5.95 Å². The van der Waals surface area contributed by atoms with Crippen LogP contribution in [-0.2, 0) is 10.2 Å². The van der Waals surface area contributed by atoms with Crippen LogP contribution in [0.4, 0.5) is 5.95 Å². The third-order valence-corrected chi connectivity index (χ3v) is 4.42. The monoisotopic (exact) mass is 316 g/mol. The maximum atomic E-state index is 12.1. The number of nitrogens with one attached hydrogen (secondary N) is 2. The van der Waals surface area contributed by atoms with Gasteiger partial charge < -0.3 is 5.32 Å². The maximum Gasteiger partial charge on any atom is 0.303 e. The van der Waals surface area contributed by atoms with Crippen molar-refractivity contribution in [1.29, 1.82) is 0 Å². The Morgan fingerprint density at radius 3 is 2.48 bits per heavy atom. The van der Waals surface area contributed by atoms with Gasteiger partial charge >= 0.3 is 10.2 Å². The van der Waals surface area contributed by atoms with E-state index < -0.39 is 10.2 Å². The molecule has 1 aromatic rings. The van der Waals surface area contributed by atoms with Gasteiger partial charge in [-0.2, -0.15) is 17.8 Å². The molecule has 9 heteroatoms. The third-order valence-electron chi connectivity index (χ3n) is 2.98. The molecule has 8 nitrogen and oxygen atoms in total. The first-order valence-electron chi connectivity index (χ1n) is 6.99. The van der Waals surface area contributed by atoms with Crippen LogP contribution in [0.15, 0.2) is 0 Å². The molecule has 0 saturated carbocycles. The fourth-order valence-electron chi connectivity index (χ4n) is 1.54. The lowest BCUT2D eigenvalue weighted by molar-refractivity contribution is 0.458. The van der Waals surface area contributed by atoms with Crippen molar-refractivity contribution in [3.63, 3.8) is 0 Å². The zero-order chi connectivity index (χ0) is 15.9. The highest BCUT2D eigenvalue weighted by atomic mass is 32.2. The number of hydrogen-bond acceptors (Lipinski definition) is 6. The Morgan fingerprint density at radius 2 is 1.86 bits per heavy atom. The normalized spacial score (nSPS) is 11.9. The van der Waals surface area contributed by atoms with Crippen molar-refractivity contribution in [2.24, 2.45) is 0 Å². The van der Waals surface area contributed by atoms with Crippen LogP contribution in [-0.4, -0.2) is 54.6 Å². The quantitative estimate of drug-likeness (QED) is 0.642. The van der Waals surface area contributed by atoms with E-state index in [0.717, 1.165) is 25.9 Å².